The lowest BCUT2D eigenvalue weighted by molar-refractivity contribution is -0.129. The van der Waals surface area contributed by atoms with Crippen LogP contribution in [0.4, 0.5) is 0 Å². The fourth-order valence-corrected chi connectivity index (χ4v) is 1.37. The number of carbonyl (C=O) groups excluding carboxylic acids is 2. The van der Waals surface area contributed by atoms with Gasteiger partial charge in [0.25, 0.3) is 0 Å². The molecule has 0 saturated heterocycles. The largest absolute Gasteiger partial charge is 0.460 e. The fraction of sp³-hybridized carbons (Fsp3) is 0.417. The van der Waals surface area contributed by atoms with E-state index >= 15 is 0 Å². The van der Waals surface area contributed by atoms with Crippen LogP contribution in [0.1, 0.15) is 37.2 Å². The number of amides is 2. The molecule has 0 aliphatic rings. The van der Waals surface area contributed by atoms with Crippen molar-refractivity contribution < 1.29 is 19.2 Å². The predicted molar refractivity (Wildman–Crippen MR) is 67.6 cm³/mol. The first-order valence-electron chi connectivity index (χ1n) is 5.93. The quantitative estimate of drug-likeness (QED) is 0.298. The first kappa shape index (κ1) is 14.9. The molecule has 1 heterocycles. The van der Waals surface area contributed by atoms with Crippen LogP contribution in [0.15, 0.2) is 21.7 Å². The summed E-state index contributed by atoms with van der Waals surface area (Å²) in [6.07, 6.45) is 2.96. The molecule has 7 nitrogen and oxygen atoms in total. The second kappa shape index (κ2) is 8.04. The molecule has 19 heavy (non-hydrogen) atoms. The highest BCUT2D eigenvalue weighted by atomic mass is 16.5. The van der Waals surface area contributed by atoms with Crippen molar-refractivity contribution in [2.24, 2.45) is 5.10 Å². The van der Waals surface area contributed by atoms with E-state index in [9.17, 15) is 9.59 Å². The molecule has 0 saturated carbocycles. The van der Waals surface area contributed by atoms with Crippen LogP contribution in [0, 0.1) is 6.92 Å². The number of hydroxylamine groups is 1. The third-order valence-electron chi connectivity index (χ3n) is 2.32. The van der Waals surface area contributed by atoms with Crippen LogP contribution in [0.3, 0.4) is 0 Å². The lowest BCUT2D eigenvalue weighted by Crippen LogP contribution is -2.19. The summed E-state index contributed by atoms with van der Waals surface area (Å²) in [5, 5.41) is 12.0. The lowest BCUT2D eigenvalue weighted by atomic mass is 10.2. The molecule has 0 unspecified atom stereocenters. The third-order valence-corrected chi connectivity index (χ3v) is 2.32. The highest BCUT2D eigenvalue weighted by Gasteiger charge is 2.02. The molecule has 1 aromatic heterocycles. The van der Waals surface area contributed by atoms with Crippen LogP contribution < -0.4 is 10.9 Å². The number of aryl methyl sites for hydroxylation is 1. The van der Waals surface area contributed by atoms with Gasteiger partial charge in [-0.05, 0) is 31.9 Å². The van der Waals surface area contributed by atoms with Gasteiger partial charge in [0.15, 0.2) is 0 Å². The molecule has 3 N–H and O–H groups in total. The van der Waals surface area contributed by atoms with Crippen LogP contribution in [0.2, 0.25) is 0 Å². The molecule has 2 amide bonds. The number of rotatable bonds is 7. The van der Waals surface area contributed by atoms with Crippen LogP contribution in [-0.4, -0.2) is 23.2 Å². The average Bonchev–Trinajstić information content (AvgIpc) is 2.80. The summed E-state index contributed by atoms with van der Waals surface area (Å²) in [5.41, 5.74) is 3.90. The van der Waals surface area contributed by atoms with E-state index in [-0.39, 0.29) is 18.7 Å². The van der Waals surface area contributed by atoms with Crippen molar-refractivity contribution in [3.8, 4) is 0 Å². The summed E-state index contributed by atoms with van der Waals surface area (Å²) < 4.78 is 5.23. The van der Waals surface area contributed by atoms with Crippen LogP contribution in [-0.2, 0) is 9.59 Å². The van der Waals surface area contributed by atoms with Crippen molar-refractivity contribution in [2.75, 3.05) is 0 Å². The van der Waals surface area contributed by atoms with Gasteiger partial charge in [-0.1, -0.05) is 0 Å². The van der Waals surface area contributed by atoms with E-state index in [0.29, 0.717) is 18.6 Å². The molecule has 0 aliphatic heterocycles. The maximum Gasteiger partial charge on any atom is 0.243 e. The molecule has 0 radical (unpaired) electrons. The second-order valence-corrected chi connectivity index (χ2v) is 3.98. The number of carbonyl (C=O) groups is 2. The Morgan fingerprint density at radius 3 is 2.58 bits per heavy atom. The molecule has 0 spiro atoms. The topological polar surface area (TPSA) is 104 Å². The second-order valence-electron chi connectivity index (χ2n) is 3.98. The van der Waals surface area contributed by atoms with Crippen molar-refractivity contribution in [1.82, 2.24) is 10.9 Å². The Bertz CT molecular complexity index is 454. The van der Waals surface area contributed by atoms with Gasteiger partial charge in [0, 0.05) is 12.8 Å². The van der Waals surface area contributed by atoms with Gasteiger partial charge in [-0.3, -0.25) is 14.8 Å². The number of unbranched alkanes of at least 4 members (excludes halogenated alkanes) is 1. The number of nitrogens with one attached hydrogen (secondary N) is 2. The number of hydrazone groups is 1. The Morgan fingerprint density at radius 1 is 1.32 bits per heavy atom. The molecule has 0 fully saturated rings. The number of nitrogens with zero attached hydrogens (tertiary/aromatic N) is 1. The smallest absolute Gasteiger partial charge is 0.243 e. The van der Waals surface area contributed by atoms with Crippen molar-refractivity contribution in [1.29, 1.82) is 0 Å². The normalized spacial score (nSPS) is 10.6. The predicted octanol–water partition coefficient (Wildman–Crippen LogP) is 1.10. The molecule has 0 aliphatic carbocycles. The van der Waals surface area contributed by atoms with E-state index in [4.69, 9.17) is 9.62 Å². The zero-order valence-corrected chi connectivity index (χ0v) is 10.7. The molecule has 0 aromatic carbocycles. The van der Waals surface area contributed by atoms with Crippen molar-refractivity contribution in [2.45, 2.75) is 32.6 Å². The highest BCUT2D eigenvalue weighted by molar-refractivity contribution is 5.80. The van der Waals surface area contributed by atoms with Crippen molar-refractivity contribution >= 4 is 18.0 Å². The summed E-state index contributed by atoms with van der Waals surface area (Å²) in [6, 6.07) is 3.55. The standard InChI is InChI=1S/C12H17N3O4/c1-9-6-7-10(19-9)8-13-14-11(16)4-2-3-5-12(17)15-18/h6-8,18H,2-5H2,1H3,(H,14,16)(H,15,17)/b13-8+. The third kappa shape index (κ3) is 6.37. The molecule has 104 valence electrons. The van der Waals surface area contributed by atoms with E-state index in [1.807, 2.05) is 6.92 Å². The average molecular weight is 267 g/mol. The van der Waals surface area contributed by atoms with Gasteiger partial charge in [0.2, 0.25) is 11.8 Å². The van der Waals surface area contributed by atoms with Gasteiger partial charge in [-0.25, -0.2) is 10.9 Å². The van der Waals surface area contributed by atoms with Crippen molar-refractivity contribution in [3.63, 3.8) is 0 Å². The first-order valence-corrected chi connectivity index (χ1v) is 5.93. The Hall–Kier alpha value is -2.15. The van der Waals surface area contributed by atoms with Gasteiger partial charge in [0.1, 0.15) is 11.5 Å². The Morgan fingerprint density at radius 2 is 2.00 bits per heavy atom. The molecule has 1 aromatic rings. The minimum atomic E-state index is -0.452. The molecule has 7 heteroatoms. The summed E-state index contributed by atoms with van der Waals surface area (Å²) in [7, 11) is 0. The van der Waals surface area contributed by atoms with Crippen LogP contribution in [0.25, 0.3) is 0 Å². The summed E-state index contributed by atoms with van der Waals surface area (Å²) in [5.74, 6) is 0.655. The van der Waals surface area contributed by atoms with Crippen LogP contribution >= 0.6 is 0 Å². The van der Waals surface area contributed by atoms with E-state index in [1.54, 1.807) is 12.1 Å². The van der Waals surface area contributed by atoms with Gasteiger partial charge in [0.05, 0.1) is 6.21 Å². The Kier molecular flexibility index (Phi) is 6.31. The molecular weight excluding hydrogens is 250 g/mol. The first-order chi connectivity index (χ1) is 9.11. The van der Waals surface area contributed by atoms with E-state index < -0.39 is 5.91 Å². The van der Waals surface area contributed by atoms with Gasteiger partial charge < -0.3 is 4.42 Å². The lowest BCUT2D eigenvalue weighted by Gasteiger charge is -1.99. The molecule has 1 rings (SSSR count). The summed E-state index contributed by atoms with van der Waals surface area (Å²) in [6.45, 7) is 1.82. The Labute approximate surface area is 110 Å². The van der Waals surface area contributed by atoms with E-state index in [2.05, 4.69) is 10.5 Å². The zero-order valence-electron chi connectivity index (χ0n) is 10.7. The van der Waals surface area contributed by atoms with E-state index in [1.165, 1.54) is 11.7 Å². The maximum absolute atomic E-state index is 11.3. The molecule has 0 atom stereocenters. The minimum Gasteiger partial charge on any atom is -0.460 e. The van der Waals surface area contributed by atoms with Crippen molar-refractivity contribution in [3.05, 3.63) is 23.7 Å². The van der Waals surface area contributed by atoms with Gasteiger partial charge in [-0.2, -0.15) is 5.10 Å². The minimum absolute atomic E-state index is 0.193. The Balaban J connectivity index is 2.14. The SMILES string of the molecule is Cc1ccc(/C=N/NC(=O)CCCCC(=O)NO)o1. The van der Waals surface area contributed by atoms with Gasteiger partial charge in [-0.15, -0.1) is 0 Å². The fourth-order valence-electron chi connectivity index (χ4n) is 1.37. The number of furan rings is 1. The number of hydrogen-bond acceptors (Lipinski definition) is 5. The molecular formula is C12H17N3O4. The van der Waals surface area contributed by atoms with Crippen LogP contribution in [0.5, 0.6) is 0 Å². The maximum atomic E-state index is 11.3. The summed E-state index contributed by atoms with van der Waals surface area (Å²) >= 11 is 0. The summed E-state index contributed by atoms with van der Waals surface area (Å²) in [4.78, 5) is 22.0. The van der Waals surface area contributed by atoms with Gasteiger partial charge >= 0.3 is 0 Å². The number of hydrogen-bond donors (Lipinski definition) is 3. The van der Waals surface area contributed by atoms with E-state index in [0.717, 1.165) is 5.76 Å². The highest BCUT2D eigenvalue weighted by Crippen LogP contribution is 2.03. The zero-order chi connectivity index (χ0) is 14.1. The monoisotopic (exact) mass is 267 g/mol. The molecule has 0 bridgehead atoms.